The Hall–Kier alpha value is -1.39. The van der Waals surface area contributed by atoms with E-state index in [0.717, 1.165) is 0 Å². The Kier molecular flexibility index (Phi) is 3.67. The lowest BCUT2D eigenvalue weighted by Gasteiger charge is -2.24. The van der Waals surface area contributed by atoms with E-state index in [1.165, 1.54) is 0 Å². The van der Waals surface area contributed by atoms with Crippen LogP contribution in [0.1, 0.15) is 40.0 Å². The minimum atomic E-state index is -0.663. The van der Waals surface area contributed by atoms with Gasteiger partial charge >= 0.3 is 11.9 Å². The van der Waals surface area contributed by atoms with Crippen molar-refractivity contribution in [1.29, 1.82) is 0 Å². The van der Waals surface area contributed by atoms with Crippen LogP contribution >= 0.6 is 0 Å². The third-order valence-corrected chi connectivity index (χ3v) is 1.91. The van der Waals surface area contributed by atoms with E-state index in [1.807, 2.05) is 0 Å². The van der Waals surface area contributed by atoms with Gasteiger partial charge in [0, 0.05) is 6.42 Å². The first-order valence-corrected chi connectivity index (χ1v) is 5.19. The first-order chi connectivity index (χ1) is 7.26. The maximum atomic E-state index is 11.4. The Morgan fingerprint density at radius 3 is 2.56 bits per heavy atom. The zero-order valence-corrected chi connectivity index (χ0v) is 9.74. The Labute approximate surface area is 94.1 Å². The maximum absolute atomic E-state index is 11.4. The highest BCUT2D eigenvalue weighted by molar-refractivity contribution is 5.98. The monoisotopic (exact) mass is 228 g/mol. The summed E-state index contributed by atoms with van der Waals surface area (Å²) in [5.74, 6) is -1.21. The van der Waals surface area contributed by atoms with Crippen LogP contribution < -0.4 is 0 Å². The lowest BCUT2D eigenvalue weighted by atomic mass is 10.0. The fraction of sp³-hybridized carbons (Fsp3) is 0.727. The Balaban J connectivity index is 2.45. The van der Waals surface area contributed by atoms with Crippen LogP contribution in [0.2, 0.25) is 0 Å². The number of Topliss-reactive ketones (excluding diaryl/α,β-unsaturated/α-hetero) is 1. The molecule has 0 aromatic carbocycles. The van der Waals surface area contributed by atoms with Gasteiger partial charge in [-0.3, -0.25) is 14.4 Å². The van der Waals surface area contributed by atoms with Crippen LogP contribution in [0.15, 0.2) is 0 Å². The number of ketones is 1. The molecular weight excluding hydrogens is 212 g/mol. The topological polar surface area (TPSA) is 69.7 Å². The van der Waals surface area contributed by atoms with E-state index in [2.05, 4.69) is 0 Å². The van der Waals surface area contributed by atoms with Gasteiger partial charge in [0.25, 0.3) is 0 Å². The molecule has 0 radical (unpaired) electrons. The number of carbonyl (C=O) groups is 3. The minimum absolute atomic E-state index is 0.0608. The number of carbonyl (C=O) groups excluding carboxylic acids is 3. The molecule has 0 bridgehead atoms. The van der Waals surface area contributed by atoms with Crippen molar-refractivity contribution in [1.82, 2.24) is 0 Å². The Morgan fingerprint density at radius 1 is 1.44 bits per heavy atom. The molecule has 1 heterocycles. The van der Waals surface area contributed by atoms with Gasteiger partial charge in [-0.25, -0.2) is 0 Å². The molecule has 1 saturated heterocycles. The zero-order valence-electron chi connectivity index (χ0n) is 9.74. The van der Waals surface area contributed by atoms with Gasteiger partial charge in [0.1, 0.15) is 23.9 Å². The van der Waals surface area contributed by atoms with Crippen molar-refractivity contribution >= 4 is 17.7 Å². The number of hydrogen-bond acceptors (Lipinski definition) is 5. The van der Waals surface area contributed by atoms with Gasteiger partial charge in [-0.15, -0.1) is 0 Å². The molecule has 0 aliphatic carbocycles. The van der Waals surface area contributed by atoms with E-state index in [-0.39, 0.29) is 25.0 Å². The molecule has 1 aliphatic rings. The summed E-state index contributed by atoms with van der Waals surface area (Å²) in [6.07, 6.45) is -0.812. The normalized spacial score (nSPS) is 21.6. The fourth-order valence-electron chi connectivity index (χ4n) is 1.44. The highest BCUT2D eigenvalue weighted by Crippen LogP contribution is 2.17. The molecule has 1 fully saturated rings. The summed E-state index contributed by atoms with van der Waals surface area (Å²) in [7, 11) is 0. The second kappa shape index (κ2) is 4.63. The molecule has 0 unspecified atom stereocenters. The van der Waals surface area contributed by atoms with Gasteiger partial charge in [-0.05, 0) is 20.8 Å². The fourth-order valence-corrected chi connectivity index (χ4v) is 1.44. The quantitative estimate of drug-likeness (QED) is 0.520. The van der Waals surface area contributed by atoms with E-state index >= 15 is 0 Å². The van der Waals surface area contributed by atoms with E-state index in [4.69, 9.17) is 9.47 Å². The van der Waals surface area contributed by atoms with Gasteiger partial charge in [-0.1, -0.05) is 0 Å². The molecule has 1 aliphatic heterocycles. The summed E-state index contributed by atoms with van der Waals surface area (Å²) >= 11 is 0. The predicted molar refractivity (Wildman–Crippen MR) is 54.6 cm³/mol. The van der Waals surface area contributed by atoms with Crippen molar-refractivity contribution < 1.29 is 23.9 Å². The third kappa shape index (κ3) is 4.42. The number of ether oxygens (including phenoxy) is 2. The Morgan fingerprint density at radius 2 is 2.06 bits per heavy atom. The summed E-state index contributed by atoms with van der Waals surface area (Å²) < 4.78 is 9.95. The van der Waals surface area contributed by atoms with Crippen LogP contribution in [0.4, 0.5) is 0 Å². The van der Waals surface area contributed by atoms with Crippen LogP contribution in [-0.2, 0) is 23.9 Å². The summed E-state index contributed by atoms with van der Waals surface area (Å²) in [5.41, 5.74) is -0.570. The van der Waals surface area contributed by atoms with Crippen molar-refractivity contribution in [2.24, 2.45) is 0 Å². The summed E-state index contributed by atoms with van der Waals surface area (Å²) in [4.78, 5) is 33.5. The molecule has 5 heteroatoms. The van der Waals surface area contributed by atoms with E-state index in [9.17, 15) is 14.4 Å². The van der Waals surface area contributed by atoms with Crippen molar-refractivity contribution in [2.75, 3.05) is 0 Å². The summed E-state index contributed by atoms with van der Waals surface area (Å²) in [5, 5.41) is 0. The van der Waals surface area contributed by atoms with Crippen molar-refractivity contribution in [3.8, 4) is 0 Å². The largest absolute Gasteiger partial charge is 0.461 e. The predicted octanol–water partition coefficient (Wildman–Crippen LogP) is 0.993. The van der Waals surface area contributed by atoms with Gasteiger partial charge < -0.3 is 9.47 Å². The lowest BCUT2D eigenvalue weighted by molar-refractivity contribution is -0.165. The van der Waals surface area contributed by atoms with Gasteiger partial charge in [-0.2, -0.15) is 0 Å². The minimum Gasteiger partial charge on any atom is -0.461 e. The molecule has 0 aromatic rings. The van der Waals surface area contributed by atoms with E-state index < -0.39 is 23.6 Å². The first-order valence-electron chi connectivity index (χ1n) is 5.19. The molecule has 0 N–H and O–H groups in total. The van der Waals surface area contributed by atoms with Gasteiger partial charge in [0.05, 0.1) is 6.42 Å². The molecule has 0 saturated carbocycles. The van der Waals surface area contributed by atoms with Crippen molar-refractivity contribution in [2.45, 2.75) is 51.7 Å². The maximum Gasteiger partial charge on any atom is 0.313 e. The van der Waals surface area contributed by atoms with Crippen LogP contribution in [0, 0.1) is 0 Å². The third-order valence-electron chi connectivity index (χ3n) is 1.91. The number of hydrogen-bond donors (Lipinski definition) is 0. The molecular formula is C11H16O5. The molecule has 0 amide bonds. The molecule has 90 valence electrons. The number of cyclic esters (lactones) is 1. The number of esters is 2. The highest BCUT2D eigenvalue weighted by atomic mass is 16.6. The lowest BCUT2D eigenvalue weighted by Crippen LogP contribution is -2.33. The molecule has 0 spiro atoms. The van der Waals surface area contributed by atoms with Gasteiger partial charge in [0.2, 0.25) is 0 Å². The van der Waals surface area contributed by atoms with Crippen LogP contribution in [0.25, 0.3) is 0 Å². The first kappa shape index (κ1) is 12.7. The standard InChI is InChI=1S/C11H16O5/c1-11(2,3)16-10(14)6-8-4-7(12)5-9(13)15-8/h8H,4-6H2,1-3H3/t8-/m0/s1. The van der Waals surface area contributed by atoms with E-state index in [1.54, 1.807) is 20.8 Å². The van der Waals surface area contributed by atoms with Crippen LogP contribution in [0.3, 0.4) is 0 Å². The molecule has 1 atom stereocenters. The molecule has 1 rings (SSSR count). The zero-order chi connectivity index (χ0) is 12.3. The number of rotatable bonds is 2. The van der Waals surface area contributed by atoms with Crippen molar-refractivity contribution in [3.05, 3.63) is 0 Å². The second-order valence-corrected chi connectivity index (χ2v) is 4.82. The molecule has 5 nitrogen and oxygen atoms in total. The van der Waals surface area contributed by atoms with E-state index in [0.29, 0.717) is 0 Å². The Bertz CT molecular complexity index is 297. The molecule has 16 heavy (non-hydrogen) atoms. The summed E-state index contributed by atoms with van der Waals surface area (Å²) in [6, 6.07) is 0. The van der Waals surface area contributed by atoms with Crippen molar-refractivity contribution in [3.63, 3.8) is 0 Å². The van der Waals surface area contributed by atoms with Crippen LogP contribution in [0.5, 0.6) is 0 Å². The average Bonchev–Trinajstić information content (AvgIpc) is 1.96. The van der Waals surface area contributed by atoms with Crippen LogP contribution in [-0.4, -0.2) is 29.4 Å². The SMILES string of the molecule is CC(C)(C)OC(=O)C[C@@H]1CC(=O)CC(=O)O1. The van der Waals surface area contributed by atoms with Gasteiger partial charge in [0.15, 0.2) is 0 Å². The highest BCUT2D eigenvalue weighted by Gasteiger charge is 2.29. The second-order valence-electron chi connectivity index (χ2n) is 4.82. The summed E-state index contributed by atoms with van der Waals surface area (Å²) in [6.45, 7) is 5.26. The smallest absolute Gasteiger partial charge is 0.313 e. The molecule has 0 aromatic heterocycles. The average molecular weight is 228 g/mol.